The van der Waals surface area contributed by atoms with Crippen LogP contribution in [0.2, 0.25) is 0 Å². The molecule has 166 valence electrons. The highest BCUT2D eigenvalue weighted by atomic mass is 127. The fraction of sp³-hybridized carbons (Fsp3) is 0.435. The molecule has 1 saturated heterocycles. The average Bonchev–Trinajstić information content (AvgIpc) is 3.56. The van der Waals surface area contributed by atoms with Gasteiger partial charge in [0.2, 0.25) is 0 Å². The molecule has 32 heavy (non-hydrogen) atoms. The van der Waals surface area contributed by atoms with Crippen molar-refractivity contribution < 1.29 is 4.74 Å². The largest absolute Gasteiger partial charge is 0.494 e. The Hall–Kier alpha value is -1.98. The molecule has 4 aromatic rings. The molecule has 0 amide bonds. The number of nitrogens with zero attached hydrogens (tertiary/aromatic N) is 4. The van der Waals surface area contributed by atoms with Gasteiger partial charge in [0, 0.05) is 16.3 Å². The number of hydrogen-bond acceptors (Lipinski definition) is 7. The summed E-state index contributed by atoms with van der Waals surface area (Å²) >= 11 is 4.53. The number of aromatic amines is 1. The molecule has 1 aliphatic heterocycles. The Balaban J connectivity index is 1.34. The van der Waals surface area contributed by atoms with Gasteiger partial charge in [-0.2, -0.15) is 5.10 Å². The molecule has 0 radical (unpaired) electrons. The number of nitrogens with one attached hydrogen (secondary N) is 2. The van der Waals surface area contributed by atoms with Crippen molar-refractivity contribution in [3.8, 4) is 5.75 Å². The van der Waals surface area contributed by atoms with E-state index in [1.807, 2.05) is 23.6 Å². The molecule has 1 aromatic carbocycles. The second-order valence-corrected chi connectivity index (χ2v) is 11.0. The summed E-state index contributed by atoms with van der Waals surface area (Å²) in [5, 5.41) is 12.9. The number of hydrogen-bond donors (Lipinski definition) is 2. The van der Waals surface area contributed by atoms with Gasteiger partial charge in [-0.05, 0) is 62.7 Å². The Morgan fingerprint density at radius 2 is 2.16 bits per heavy atom. The van der Waals surface area contributed by atoms with Crippen LogP contribution in [0.5, 0.6) is 5.75 Å². The monoisotopic (exact) mass is 560 g/mol. The first-order valence-electron chi connectivity index (χ1n) is 11.1. The van der Waals surface area contributed by atoms with Crippen molar-refractivity contribution in [2.45, 2.75) is 36.2 Å². The Morgan fingerprint density at radius 3 is 3.00 bits per heavy atom. The predicted molar refractivity (Wildman–Crippen MR) is 137 cm³/mol. The molecule has 0 saturated carbocycles. The first-order valence-corrected chi connectivity index (χ1v) is 13.2. The molecule has 7 nitrogen and oxygen atoms in total. The van der Waals surface area contributed by atoms with E-state index in [1.54, 1.807) is 13.4 Å². The van der Waals surface area contributed by atoms with E-state index in [1.165, 1.54) is 48.2 Å². The van der Waals surface area contributed by atoms with Crippen molar-refractivity contribution in [2.75, 3.05) is 25.5 Å². The third-order valence-electron chi connectivity index (χ3n) is 6.78. The van der Waals surface area contributed by atoms with Gasteiger partial charge in [0.05, 0.1) is 33.9 Å². The average molecular weight is 560 g/mol. The summed E-state index contributed by atoms with van der Waals surface area (Å²) < 4.78 is 6.26. The molecule has 4 heterocycles. The summed E-state index contributed by atoms with van der Waals surface area (Å²) in [6.07, 6.45) is 9.64. The Bertz CT molecular complexity index is 1280. The van der Waals surface area contributed by atoms with Crippen LogP contribution < -0.4 is 10.1 Å². The summed E-state index contributed by atoms with van der Waals surface area (Å²) in [7, 11) is 1.69. The summed E-state index contributed by atoms with van der Waals surface area (Å²) in [5.41, 5.74) is 3.26. The molecule has 0 bridgehead atoms. The summed E-state index contributed by atoms with van der Waals surface area (Å²) in [6, 6.07) is 4.02. The molecule has 2 N–H and O–H groups in total. The molecule has 2 unspecified atom stereocenters. The van der Waals surface area contributed by atoms with Crippen LogP contribution >= 0.6 is 33.9 Å². The van der Waals surface area contributed by atoms with E-state index in [0.717, 1.165) is 45.8 Å². The lowest BCUT2D eigenvalue weighted by atomic mass is 9.87. The van der Waals surface area contributed by atoms with E-state index < -0.39 is 0 Å². The molecule has 1 fully saturated rings. The lowest BCUT2D eigenvalue weighted by Crippen LogP contribution is -2.36. The van der Waals surface area contributed by atoms with E-state index in [9.17, 15) is 0 Å². The van der Waals surface area contributed by atoms with Crippen LogP contribution in [0.3, 0.4) is 0 Å². The van der Waals surface area contributed by atoms with Gasteiger partial charge in [0.15, 0.2) is 0 Å². The van der Waals surface area contributed by atoms with Gasteiger partial charge in [-0.3, -0.25) is 10.00 Å². The van der Waals surface area contributed by atoms with Crippen LogP contribution in [0.25, 0.3) is 21.1 Å². The zero-order chi connectivity index (χ0) is 21.7. The van der Waals surface area contributed by atoms with Crippen molar-refractivity contribution in [1.29, 1.82) is 0 Å². The number of H-pyrrole nitrogens is 1. The van der Waals surface area contributed by atoms with Crippen LogP contribution in [0, 0.1) is 5.92 Å². The second kappa shape index (κ2) is 8.42. The number of anilines is 2. The standard InChI is InChI=1S/C23H25IN6OS/c1-31-18-10-16-14(11-27-29-16)8-17(18)28-22-20-15-5-4-13(21(24)30-6-2-3-7-30)9-19(15)32-23(20)26-12-25-22/h8,10-13,21H,2-7,9H2,1H3,(H,27,29)(H,25,26,28). The normalized spacial score (nSPS) is 20.0. The van der Waals surface area contributed by atoms with Crippen LogP contribution in [0.15, 0.2) is 24.7 Å². The van der Waals surface area contributed by atoms with Gasteiger partial charge in [-0.25, -0.2) is 9.97 Å². The molecule has 0 spiro atoms. The van der Waals surface area contributed by atoms with Crippen LogP contribution in [-0.4, -0.2) is 49.3 Å². The molecule has 6 rings (SSSR count). The second-order valence-electron chi connectivity index (χ2n) is 8.66. The highest BCUT2D eigenvalue weighted by Gasteiger charge is 2.32. The lowest BCUT2D eigenvalue weighted by Gasteiger charge is -2.32. The molecule has 2 aliphatic rings. The minimum absolute atomic E-state index is 0.628. The molecule has 2 atom stereocenters. The van der Waals surface area contributed by atoms with Crippen LogP contribution in [0.4, 0.5) is 11.5 Å². The Morgan fingerprint density at radius 1 is 1.28 bits per heavy atom. The number of aryl methyl sites for hydroxylation is 1. The third-order valence-corrected chi connectivity index (χ3v) is 9.74. The first kappa shape index (κ1) is 20.6. The van der Waals surface area contributed by atoms with Crippen molar-refractivity contribution >= 4 is 66.6 Å². The fourth-order valence-corrected chi connectivity index (χ4v) is 7.57. The zero-order valence-electron chi connectivity index (χ0n) is 17.9. The zero-order valence-corrected chi connectivity index (χ0v) is 20.9. The number of aromatic nitrogens is 4. The van der Waals surface area contributed by atoms with E-state index >= 15 is 0 Å². The van der Waals surface area contributed by atoms with Crippen molar-refractivity contribution in [3.05, 3.63) is 35.1 Å². The number of halogens is 1. The van der Waals surface area contributed by atoms with Crippen molar-refractivity contribution in [3.63, 3.8) is 0 Å². The number of benzene rings is 1. The fourth-order valence-electron chi connectivity index (χ4n) is 5.12. The van der Waals surface area contributed by atoms with Gasteiger partial charge in [0.1, 0.15) is 22.7 Å². The predicted octanol–water partition coefficient (Wildman–Crippen LogP) is 5.28. The van der Waals surface area contributed by atoms with Crippen molar-refractivity contribution in [2.24, 2.45) is 5.92 Å². The maximum absolute atomic E-state index is 5.63. The molecule has 3 aromatic heterocycles. The number of thiophene rings is 1. The number of rotatable bonds is 5. The summed E-state index contributed by atoms with van der Waals surface area (Å²) in [6.45, 7) is 2.51. The van der Waals surface area contributed by atoms with Gasteiger partial charge < -0.3 is 10.1 Å². The van der Waals surface area contributed by atoms with Gasteiger partial charge in [0.25, 0.3) is 0 Å². The number of alkyl halides is 1. The van der Waals surface area contributed by atoms with Gasteiger partial charge in [-0.15, -0.1) is 11.3 Å². The van der Waals surface area contributed by atoms with Crippen LogP contribution in [-0.2, 0) is 12.8 Å². The van der Waals surface area contributed by atoms with Gasteiger partial charge in [-0.1, -0.05) is 22.6 Å². The molecular weight excluding hydrogens is 535 g/mol. The third kappa shape index (κ3) is 3.54. The quantitative estimate of drug-likeness (QED) is 0.197. The SMILES string of the molecule is COc1cc2[nH]ncc2cc1Nc1ncnc2sc3c(c12)CCC(C(I)N1CCCC1)C3. The topological polar surface area (TPSA) is 79.0 Å². The summed E-state index contributed by atoms with van der Waals surface area (Å²) in [4.78, 5) is 14.5. The smallest absolute Gasteiger partial charge is 0.144 e. The minimum atomic E-state index is 0.628. The highest BCUT2D eigenvalue weighted by Crippen LogP contribution is 2.43. The van der Waals surface area contributed by atoms with Crippen LogP contribution in [0.1, 0.15) is 29.7 Å². The lowest BCUT2D eigenvalue weighted by molar-refractivity contribution is 0.247. The number of likely N-dealkylation sites (tertiary alicyclic amines) is 1. The minimum Gasteiger partial charge on any atom is -0.494 e. The first-order chi connectivity index (χ1) is 15.7. The van der Waals surface area contributed by atoms with E-state index in [0.29, 0.717) is 9.97 Å². The van der Waals surface area contributed by atoms with E-state index in [-0.39, 0.29) is 0 Å². The van der Waals surface area contributed by atoms with E-state index in [4.69, 9.17) is 4.74 Å². The highest BCUT2D eigenvalue weighted by molar-refractivity contribution is 14.1. The molecular formula is C23H25IN6OS. The molecule has 9 heteroatoms. The maximum Gasteiger partial charge on any atom is 0.144 e. The number of methoxy groups -OCH3 is 1. The number of ether oxygens (including phenoxy) is 1. The Kier molecular flexibility index (Phi) is 5.42. The van der Waals surface area contributed by atoms with E-state index in [2.05, 4.69) is 59.0 Å². The Labute approximate surface area is 204 Å². The van der Waals surface area contributed by atoms with Gasteiger partial charge >= 0.3 is 0 Å². The van der Waals surface area contributed by atoms with Crippen molar-refractivity contribution in [1.82, 2.24) is 25.1 Å². The number of fused-ring (bicyclic) bond motifs is 4. The maximum atomic E-state index is 5.63. The molecule has 1 aliphatic carbocycles. The summed E-state index contributed by atoms with van der Waals surface area (Å²) in [5.74, 6) is 2.33.